The molecule has 0 fully saturated rings. The van der Waals surface area contributed by atoms with Crippen LogP contribution in [0.25, 0.3) is 0 Å². The number of pyridine rings is 1. The van der Waals surface area contributed by atoms with Gasteiger partial charge in [-0.25, -0.2) is 0 Å². The first-order valence-corrected chi connectivity index (χ1v) is 8.55. The van der Waals surface area contributed by atoms with Gasteiger partial charge < -0.3 is 14.8 Å². The largest absolute Gasteiger partial charge is 0.497 e. The Balaban J connectivity index is 1.78. The summed E-state index contributed by atoms with van der Waals surface area (Å²) in [5.41, 5.74) is 2.82. The molecule has 2 heterocycles. The SMILES string of the molecule is COc1ccc(N[C@H]2c3ncccc3C(=O)N2c2ccccc2)c(OC)c1. The molecule has 6 heteroatoms. The van der Waals surface area contributed by atoms with Crippen LogP contribution in [0.2, 0.25) is 0 Å². The molecule has 1 aromatic heterocycles. The van der Waals surface area contributed by atoms with Crippen molar-refractivity contribution in [1.29, 1.82) is 0 Å². The summed E-state index contributed by atoms with van der Waals surface area (Å²) in [7, 11) is 3.20. The molecule has 0 spiro atoms. The first-order chi connectivity index (χ1) is 13.2. The number of rotatable bonds is 5. The second-order valence-electron chi connectivity index (χ2n) is 6.06. The lowest BCUT2D eigenvalue weighted by atomic mass is 10.2. The second-order valence-corrected chi connectivity index (χ2v) is 6.06. The summed E-state index contributed by atoms with van der Waals surface area (Å²) in [5.74, 6) is 1.23. The van der Waals surface area contributed by atoms with Crippen molar-refractivity contribution in [3.63, 3.8) is 0 Å². The fraction of sp³-hybridized carbons (Fsp3) is 0.143. The predicted octanol–water partition coefficient (Wildman–Crippen LogP) is 3.87. The molecule has 0 saturated heterocycles. The van der Waals surface area contributed by atoms with Gasteiger partial charge in [0.15, 0.2) is 6.17 Å². The monoisotopic (exact) mass is 361 g/mol. The first kappa shape index (κ1) is 16.9. The Morgan fingerprint density at radius 2 is 1.81 bits per heavy atom. The zero-order valence-electron chi connectivity index (χ0n) is 15.0. The number of nitrogens with zero attached hydrogens (tertiary/aromatic N) is 2. The van der Waals surface area contributed by atoms with E-state index in [2.05, 4.69) is 10.3 Å². The van der Waals surface area contributed by atoms with Crippen molar-refractivity contribution in [3.05, 3.63) is 78.1 Å². The number of para-hydroxylation sites is 1. The molecule has 0 aliphatic carbocycles. The summed E-state index contributed by atoms with van der Waals surface area (Å²) in [6, 6.07) is 18.6. The van der Waals surface area contributed by atoms with Crippen molar-refractivity contribution in [2.24, 2.45) is 0 Å². The third-order valence-electron chi connectivity index (χ3n) is 4.54. The van der Waals surface area contributed by atoms with E-state index in [9.17, 15) is 4.79 Å². The quantitative estimate of drug-likeness (QED) is 0.747. The maximum atomic E-state index is 13.0. The van der Waals surface area contributed by atoms with Gasteiger partial charge in [0, 0.05) is 18.0 Å². The molecule has 1 N–H and O–H groups in total. The lowest BCUT2D eigenvalue weighted by molar-refractivity contribution is 0.0993. The smallest absolute Gasteiger partial charge is 0.262 e. The topological polar surface area (TPSA) is 63.7 Å². The van der Waals surface area contributed by atoms with Gasteiger partial charge in [0.05, 0.1) is 31.2 Å². The van der Waals surface area contributed by atoms with Gasteiger partial charge in [0.25, 0.3) is 5.91 Å². The van der Waals surface area contributed by atoms with Crippen molar-refractivity contribution in [2.45, 2.75) is 6.17 Å². The molecule has 0 bridgehead atoms. The molecule has 2 aromatic carbocycles. The molecule has 1 atom stereocenters. The number of benzene rings is 2. The number of hydrogen-bond donors (Lipinski definition) is 1. The summed E-state index contributed by atoms with van der Waals surface area (Å²) >= 11 is 0. The summed E-state index contributed by atoms with van der Waals surface area (Å²) in [5, 5.41) is 3.41. The molecule has 136 valence electrons. The fourth-order valence-electron chi connectivity index (χ4n) is 3.24. The van der Waals surface area contributed by atoms with Crippen LogP contribution in [0.1, 0.15) is 22.2 Å². The van der Waals surface area contributed by atoms with E-state index in [-0.39, 0.29) is 5.91 Å². The molecule has 0 saturated carbocycles. The molecule has 6 nitrogen and oxygen atoms in total. The van der Waals surface area contributed by atoms with Crippen molar-refractivity contribution >= 4 is 17.3 Å². The number of ether oxygens (including phenoxy) is 2. The summed E-state index contributed by atoms with van der Waals surface area (Å²) < 4.78 is 10.7. The number of aromatic nitrogens is 1. The average Bonchev–Trinajstić information content (AvgIpc) is 3.01. The first-order valence-electron chi connectivity index (χ1n) is 8.55. The highest BCUT2D eigenvalue weighted by atomic mass is 16.5. The van der Waals surface area contributed by atoms with Crippen LogP contribution in [0.4, 0.5) is 11.4 Å². The zero-order valence-corrected chi connectivity index (χ0v) is 15.0. The Bertz CT molecular complexity index is 975. The highest BCUT2D eigenvalue weighted by molar-refractivity contribution is 6.11. The number of carbonyl (C=O) groups excluding carboxylic acids is 1. The molecular formula is C21H19N3O3. The van der Waals surface area contributed by atoms with Gasteiger partial charge in [-0.15, -0.1) is 0 Å². The van der Waals surface area contributed by atoms with Crippen molar-refractivity contribution < 1.29 is 14.3 Å². The average molecular weight is 361 g/mol. The van der Waals surface area contributed by atoms with E-state index in [1.54, 1.807) is 43.5 Å². The van der Waals surface area contributed by atoms with E-state index in [0.717, 1.165) is 11.4 Å². The van der Waals surface area contributed by atoms with Gasteiger partial charge >= 0.3 is 0 Å². The van der Waals surface area contributed by atoms with Crippen LogP contribution in [0.15, 0.2) is 66.9 Å². The second kappa shape index (κ2) is 6.99. The fourth-order valence-corrected chi connectivity index (χ4v) is 3.24. The van der Waals surface area contributed by atoms with Crippen LogP contribution >= 0.6 is 0 Å². The Labute approximate surface area is 157 Å². The van der Waals surface area contributed by atoms with Crippen LogP contribution in [-0.4, -0.2) is 25.1 Å². The van der Waals surface area contributed by atoms with E-state index in [1.165, 1.54) is 0 Å². The molecule has 0 unspecified atom stereocenters. The van der Waals surface area contributed by atoms with Crippen LogP contribution in [-0.2, 0) is 0 Å². The summed E-state index contributed by atoms with van der Waals surface area (Å²) in [6.45, 7) is 0. The Morgan fingerprint density at radius 1 is 1.00 bits per heavy atom. The highest BCUT2D eigenvalue weighted by Gasteiger charge is 2.39. The van der Waals surface area contributed by atoms with Crippen molar-refractivity contribution in [3.8, 4) is 11.5 Å². The van der Waals surface area contributed by atoms with Gasteiger partial charge in [-0.05, 0) is 36.4 Å². The highest BCUT2D eigenvalue weighted by Crippen LogP contribution is 2.39. The summed E-state index contributed by atoms with van der Waals surface area (Å²) in [6.07, 6.45) is 1.25. The van der Waals surface area contributed by atoms with Crippen LogP contribution in [0.3, 0.4) is 0 Å². The van der Waals surface area contributed by atoms with Crippen LogP contribution < -0.4 is 19.7 Å². The molecular weight excluding hydrogens is 342 g/mol. The number of fused-ring (bicyclic) bond motifs is 1. The number of anilines is 2. The van der Waals surface area contributed by atoms with Gasteiger partial charge in [0.1, 0.15) is 11.5 Å². The minimum Gasteiger partial charge on any atom is -0.497 e. The van der Waals surface area contributed by atoms with E-state index < -0.39 is 6.17 Å². The van der Waals surface area contributed by atoms with Crippen molar-refractivity contribution in [2.75, 3.05) is 24.4 Å². The third kappa shape index (κ3) is 2.95. The minimum atomic E-state index is -0.446. The van der Waals surface area contributed by atoms with Crippen molar-refractivity contribution in [1.82, 2.24) is 4.98 Å². The minimum absolute atomic E-state index is 0.0886. The molecule has 1 aliphatic heterocycles. The standard InChI is InChI=1S/C21H19N3O3/c1-26-15-10-11-17(18(13-15)27-2)23-20-19-16(9-6-12-22-19)21(25)24(20)14-7-4-3-5-8-14/h3-13,20,23H,1-2H3/t20-/m1/s1. The van der Waals surface area contributed by atoms with Crippen LogP contribution in [0, 0.1) is 0 Å². The number of hydrogen-bond acceptors (Lipinski definition) is 5. The van der Waals surface area contributed by atoms with E-state index in [4.69, 9.17) is 9.47 Å². The zero-order chi connectivity index (χ0) is 18.8. The molecule has 27 heavy (non-hydrogen) atoms. The lowest BCUT2D eigenvalue weighted by Crippen LogP contribution is -2.32. The molecule has 1 aliphatic rings. The summed E-state index contributed by atoms with van der Waals surface area (Å²) in [4.78, 5) is 19.2. The van der Waals surface area contributed by atoms with E-state index in [1.807, 2.05) is 42.5 Å². The third-order valence-corrected chi connectivity index (χ3v) is 4.54. The maximum absolute atomic E-state index is 13.0. The number of nitrogens with one attached hydrogen (secondary N) is 1. The normalized spacial score (nSPS) is 15.4. The Kier molecular flexibility index (Phi) is 4.38. The molecule has 1 amide bonds. The number of amides is 1. The van der Waals surface area contributed by atoms with Gasteiger partial charge in [0.2, 0.25) is 0 Å². The number of carbonyl (C=O) groups is 1. The Morgan fingerprint density at radius 3 is 2.56 bits per heavy atom. The van der Waals surface area contributed by atoms with E-state index in [0.29, 0.717) is 22.8 Å². The van der Waals surface area contributed by atoms with Gasteiger partial charge in [-0.2, -0.15) is 0 Å². The predicted molar refractivity (Wildman–Crippen MR) is 103 cm³/mol. The number of methoxy groups -OCH3 is 2. The molecule has 0 radical (unpaired) electrons. The van der Waals surface area contributed by atoms with Gasteiger partial charge in [-0.3, -0.25) is 14.7 Å². The van der Waals surface area contributed by atoms with Crippen LogP contribution in [0.5, 0.6) is 11.5 Å². The Hall–Kier alpha value is -3.54. The molecule has 4 rings (SSSR count). The lowest BCUT2D eigenvalue weighted by Gasteiger charge is -2.27. The molecule has 3 aromatic rings. The van der Waals surface area contributed by atoms with E-state index >= 15 is 0 Å². The maximum Gasteiger partial charge on any atom is 0.262 e. The van der Waals surface area contributed by atoms with Gasteiger partial charge in [-0.1, -0.05) is 18.2 Å².